The average molecular weight is 389 g/mol. The first-order chi connectivity index (χ1) is 13.9. The van der Waals surface area contributed by atoms with Crippen molar-refractivity contribution in [1.82, 2.24) is 0 Å². The summed E-state index contributed by atoms with van der Waals surface area (Å²) in [6, 6.07) is 7.23. The van der Waals surface area contributed by atoms with Crippen LogP contribution in [0.3, 0.4) is 0 Å². The van der Waals surface area contributed by atoms with Crippen LogP contribution in [0, 0.1) is 0 Å². The number of nitrogens with zero attached hydrogens (tertiary/aromatic N) is 1. The molecule has 0 fully saturated rings. The fourth-order valence-corrected chi connectivity index (χ4v) is 4.30. The van der Waals surface area contributed by atoms with Crippen LogP contribution in [-0.2, 0) is 0 Å². The van der Waals surface area contributed by atoms with Crippen molar-refractivity contribution < 1.29 is 4.57 Å². The molecule has 1 aromatic rings. The minimum atomic E-state index is 0.714. The maximum atomic E-state index is 2.47. The second-order valence-electron chi connectivity index (χ2n) is 8.86. The van der Waals surface area contributed by atoms with Crippen LogP contribution in [-0.4, -0.2) is 0 Å². The van der Waals surface area contributed by atoms with Crippen molar-refractivity contribution >= 4 is 0 Å². The van der Waals surface area contributed by atoms with E-state index in [9.17, 15) is 0 Å². The van der Waals surface area contributed by atoms with E-state index in [1.165, 1.54) is 122 Å². The minimum absolute atomic E-state index is 0.714. The lowest BCUT2D eigenvalue weighted by Crippen LogP contribution is -2.38. The standard InChI is InChI=1S/C27H50N/c1-3-5-7-9-10-11-12-13-14-15-17-20-24-27(23-19-16-8-6-4-2)28-25-21-18-22-26-28/h18,21-22,25-27H,3-17,19-20,23-24H2,1-2H3/q+1. The summed E-state index contributed by atoms with van der Waals surface area (Å²) in [6.45, 7) is 4.60. The number of rotatable bonds is 20. The Kier molecular flexibility index (Phi) is 17.5. The third kappa shape index (κ3) is 14.2. The Bertz CT molecular complexity index is 414. The first-order valence-corrected chi connectivity index (χ1v) is 12.8. The van der Waals surface area contributed by atoms with Crippen LogP contribution >= 0.6 is 0 Å². The van der Waals surface area contributed by atoms with Crippen LogP contribution in [0.15, 0.2) is 30.6 Å². The SMILES string of the molecule is CCCCCCCCCCCCCCC(CCCCCCC)[n+]1ccccc1. The van der Waals surface area contributed by atoms with Gasteiger partial charge in [-0.3, -0.25) is 0 Å². The molecule has 0 spiro atoms. The molecule has 0 saturated heterocycles. The van der Waals surface area contributed by atoms with Crippen molar-refractivity contribution in [3.63, 3.8) is 0 Å². The molecule has 0 aromatic carbocycles. The number of hydrogen-bond acceptors (Lipinski definition) is 0. The lowest BCUT2D eigenvalue weighted by Gasteiger charge is -2.12. The van der Waals surface area contributed by atoms with Gasteiger partial charge in [0.1, 0.15) is 0 Å². The van der Waals surface area contributed by atoms with Gasteiger partial charge in [-0.25, -0.2) is 4.57 Å². The summed E-state index contributed by atoms with van der Waals surface area (Å²) in [5.41, 5.74) is 0. The van der Waals surface area contributed by atoms with E-state index in [0.717, 1.165) is 0 Å². The summed E-state index contributed by atoms with van der Waals surface area (Å²) in [6.07, 6.45) is 31.5. The summed E-state index contributed by atoms with van der Waals surface area (Å²) in [5.74, 6) is 0. The van der Waals surface area contributed by atoms with Crippen LogP contribution < -0.4 is 4.57 Å². The van der Waals surface area contributed by atoms with E-state index in [-0.39, 0.29) is 0 Å². The highest BCUT2D eigenvalue weighted by Gasteiger charge is 2.16. The van der Waals surface area contributed by atoms with Gasteiger partial charge < -0.3 is 0 Å². The highest BCUT2D eigenvalue weighted by Crippen LogP contribution is 2.19. The molecule has 0 aliphatic carbocycles. The van der Waals surface area contributed by atoms with E-state index >= 15 is 0 Å². The second-order valence-corrected chi connectivity index (χ2v) is 8.86. The molecular weight excluding hydrogens is 338 g/mol. The number of aromatic nitrogens is 1. The summed E-state index contributed by atoms with van der Waals surface area (Å²) in [7, 11) is 0. The molecule has 0 radical (unpaired) electrons. The van der Waals surface area contributed by atoms with Gasteiger partial charge in [0, 0.05) is 25.0 Å². The molecule has 28 heavy (non-hydrogen) atoms. The molecule has 1 atom stereocenters. The van der Waals surface area contributed by atoms with Gasteiger partial charge in [-0.2, -0.15) is 0 Å². The second kappa shape index (κ2) is 19.5. The number of pyridine rings is 1. The van der Waals surface area contributed by atoms with Gasteiger partial charge in [0.2, 0.25) is 0 Å². The average Bonchev–Trinajstić information content (AvgIpc) is 2.73. The van der Waals surface area contributed by atoms with Crippen LogP contribution in [0.25, 0.3) is 0 Å². The Morgan fingerprint density at radius 3 is 1.21 bits per heavy atom. The van der Waals surface area contributed by atoms with Gasteiger partial charge in [-0.1, -0.05) is 116 Å². The highest BCUT2D eigenvalue weighted by atomic mass is 15.0. The van der Waals surface area contributed by atoms with Crippen LogP contribution in [0.5, 0.6) is 0 Å². The minimum Gasteiger partial charge on any atom is -0.202 e. The van der Waals surface area contributed by atoms with E-state index < -0.39 is 0 Å². The fraction of sp³-hybridized carbons (Fsp3) is 0.815. The van der Waals surface area contributed by atoms with E-state index in [2.05, 4.69) is 49.0 Å². The third-order valence-electron chi connectivity index (χ3n) is 6.19. The molecule has 1 heterocycles. The van der Waals surface area contributed by atoms with E-state index in [0.29, 0.717) is 6.04 Å². The molecule has 162 valence electrons. The lowest BCUT2D eigenvalue weighted by atomic mass is 9.99. The van der Waals surface area contributed by atoms with Crippen LogP contribution in [0.2, 0.25) is 0 Å². The molecule has 1 aromatic heterocycles. The maximum Gasteiger partial charge on any atom is 0.169 e. The van der Waals surface area contributed by atoms with Gasteiger partial charge in [0.05, 0.1) is 0 Å². The van der Waals surface area contributed by atoms with Gasteiger partial charge >= 0.3 is 0 Å². The van der Waals surface area contributed by atoms with E-state index in [4.69, 9.17) is 0 Å². The van der Waals surface area contributed by atoms with Crippen molar-refractivity contribution in [3.8, 4) is 0 Å². The maximum absolute atomic E-state index is 2.47. The van der Waals surface area contributed by atoms with Crippen molar-refractivity contribution in [2.24, 2.45) is 0 Å². The summed E-state index contributed by atoms with van der Waals surface area (Å²) in [5, 5.41) is 0. The smallest absolute Gasteiger partial charge is 0.169 e. The molecular formula is C27H50N+. The number of unbranched alkanes of at least 4 members (excludes halogenated alkanes) is 15. The summed E-state index contributed by atoms with van der Waals surface area (Å²) < 4.78 is 2.47. The molecule has 1 nitrogen and oxygen atoms in total. The van der Waals surface area contributed by atoms with E-state index in [1.807, 2.05) is 0 Å². The Hall–Kier alpha value is -0.850. The van der Waals surface area contributed by atoms with Gasteiger partial charge in [0.25, 0.3) is 0 Å². The molecule has 0 aliphatic rings. The monoisotopic (exact) mass is 388 g/mol. The van der Waals surface area contributed by atoms with Crippen LogP contribution in [0.4, 0.5) is 0 Å². The zero-order chi connectivity index (χ0) is 20.1. The predicted molar refractivity (Wildman–Crippen MR) is 125 cm³/mol. The Labute approximate surface area is 177 Å². The zero-order valence-electron chi connectivity index (χ0n) is 19.3. The zero-order valence-corrected chi connectivity index (χ0v) is 19.3. The highest BCUT2D eigenvalue weighted by molar-refractivity contribution is 4.84. The molecule has 0 saturated carbocycles. The molecule has 1 heteroatoms. The van der Waals surface area contributed by atoms with E-state index in [1.54, 1.807) is 0 Å². The van der Waals surface area contributed by atoms with Gasteiger partial charge in [-0.15, -0.1) is 0 Å². The third-order valence-corrected chi connectivity index (χ3v) is 6.19. The first-order valence-electron chi connectivity index (χ1n) is 12.8. The Morgan fingerprint density at radius 2 is 0.821 bits per heavy atom. The molecule has 0 N–H and O–H groups in total. The van der Waals surface area contributed by atoms with Gasteiger partial charge in [-0.05, 0) is 12.8 Å². The van der Waals surface area contributed by atoms with Crippen molar-refractivity contribution in [3.05, 3.63) is 30.6 Å². The van der Waals surface area contributed by atoms with Crippen molar-refractivity contribution in [2.75, 3.05) is 0 Å². The molecule has 1 unspecified atom stereocenters. The largest absolute Gasteiger partial charge is 0.202 e. The Balaban J connectivity index is 2.07. The molecule has 0 amide bonds. The summed E-state index contributed by atoms with van der Waals surface area (Å²) in [4.78, 5) is 0. The molecule has 1 rings (SSSR count). The molecule has 0 bridgehead atoms. The van der Waals surface area contributed by atoms with Crippen LogP contribution in [0.1, 0.15) is 142 Å². The quantitative estimate of drug-likeness (QED) is 0.155. The Morgan fingerprint density at radius 1 is 0.464 bits per heavy atom. The topological polar surface area (TPSA) is 3.88 Å². The number of hydrogen-bond donors (Lipinski definition) is 0. The fourth-order valence-electron chi connectivity index (χ4n) is 4.30. The van der Waals surface area contributed by atoms with Crippen molar-refractivity contribution in [1.29, 1.82) is 0 Å². The normalized spacial score (nSPS) is 12.4. The predicted octanol–water partition coefficient (Wildman–Crippen LogP) is 8.97. The van der Waals surface area contributed by atoms with Gasteiger partial charge in [0.15, 0.2) is 18.4 Å². The summed E-state index contributed by atoms with van der Waals surface area (Å²) >= 11 is 0. The first kappa shape index (κ1) is 25.2. The lowest BCUT2D eigenvalue weighted by molar-refractivity contribution is -0.724. The van der Waals surface area contributed by atoms with Crippen molar-refractivity contribution in [2.45, 2.75) is 142 Å². The molecule has 0 aliphatic heterocycles.